The number of aryl methyl sites for hydroxylation is 4. The normalized spacial score (nSPS) is 11.4. The van der Waals surface area contributed by atoms with Crippen molar-refractivity contribution in [1.29, 1.82) is 0 Å². The quantitative estimate of drug-likeness (QED) is 0.455. The Hall–Kier alpha value is -0.912. The molecule has 28 heavy (non-hydrogen) atoms. The molecule has 0 aliphatic heterocycles. The van der Waals surface area contributed by atoms with Crippen molar-refractivity contribution in [3.8, 4) is 0 Å². The molecule has 0 heterocycles. The number of nitrogens with one attached hydrogen (secondary N) is 1. The van der Waals surface area contributed by atoms with E-state index in [4.69, 9.17) is 0 Å². The fraction of sp³-hybridized carbons (Fsp3) is 0.455. The molecular weight excluding hydrogens is 470 g/mol. The molecule has 6 heteroatoms. The number of benzene rings is 2. The van der Waals surface area contributed by atoms with Crippen LogP contribution in [0.3, 0.4) is 0 Å². The van der Waals surface area contributed by atoms with Crippen LogP contribution in [-0.2, 0) is 0 Å². The third kappa shape index (κ3) is 5.16. The van der Waals surface area contributed by atoms with E-state index in [0.29, 0.717) is 12.1 Å². The van der Waals surface area contributed by atoms with Gasteiger partial charge in [0.05, 0.1) is 0 Å². The second kappa shape index (κ2) is 10.2. The van der Waals surface area contributed by atoms with Crippen LogP contribution in [-0.4, -0.2) is 37.8 Å². The van der Waals surface area contributed by atoms with E-state index in [1.54, 1.807) is 0 Å². The molecular formula is C22H33BBrGeN3. The van der Waals surface area contributed by atoms with Crippen LogP contribution in [0.25, 0.3) is 0 Å². The second-order valence-corrected chi connectivity index (χ2v) is 11.3. The number of anilines is 2. The van der Waals surface area contributed by atoms with Crippen LogP contribution in [0.15, 0.2) is 36.4 Å². The van der Waals surface area contributed by atoms with Gasteiger partial charge in [-0.15, -0.1) is 0 Å². The first-order valence-corrected chi connectivity index (χ1v) is 15.9. The van der Waals surface area contributed by atoms with Gasteiger partial charge >= 0.3 is 186 Å². The van der Waals surface area contributed by atoms with Gasteiger partial charge in [0.25, 0.3) is 0 Å². The van der Waals surface area contributed by atoms with Gasteiger partial charge in [-0.05, 0) is 0 Å². The molecule has 0 aliphatic rings. The van der Waals surface area contributed by atoms with Gasteiger partial charge in [-0.25, -0.2) is 0 Å². The minimum absolute atomic E-state index is 0.0824. The number of halogens is 1. The SMILES string of the molecule is Cc1cccc(C)c1NB([N]([Ge][Br])c1c(C)cccc1C)N(C(C)C)C(C)C. The molecule has 0 spiro atoms. The molecule has 0 amide bonds. The molecule has 0 bridgehead atoms. The topological polar surface area (TPSA) is 18.5 Å². The van der Waals surface area contributed by atoms with Crippen molar-refractivity contribution in [2.24, 2.45) is 0 Å². The van der Waals surface area contributed by atoms with Crippen LogP contribution < -0.4 is 9.00 Å². The van der Waals surface area contributed by atoms with Crippen molar-refractivity contribution in [2.45, 2.75) is 67.5 Å². The second-order valence-electron chi connectivity index (χ2n) is 8.11. The monoisotopic (exact) mass is 503 g/mol. The van der Waals surface area contributed by atoms with E-state index in [0.717, 1.165) is 0 Å². The van der Waals surface area contributed by atoms with Crippen LogP contribution in [0.1, 0.15) is 49.9 Å². The first kappa shape index (κ1) is 23.4. The minimum atomic E-state index is -0.525. The van der Waals surface area contributed by atoms with E-state index in [-0.39, 0.29) is 7.12 Å². The zero-order valence-corrected chi connectivity index (χ0v) is 22.2. The molecule has 2 aromatic rings. The van der Waals surface area contributed by atoms with E-state index in [9.17, 15) is 0 Å². The standard InChI is InChI=1S/C22H33BBrGeN3/c1-15(2)27(16(3)4)23(26-21-17(5)11-9-12-18(21)6)28(25-24)22-19(7)13-10-14-20(22)8/h9-16,26H,1-8H3. The van der Waals surface area contributed by atoms with E-state index >= 15 is 0 Å². The van der Waals surface area contributed by atoms with E-state index in [1.807, 2.05) is 0 Å². The van der Waals surface area contributed by atoms with Crippen molar-refractivity contribution < 1.29 is 0 Å². The van der Waals surface area contributed by atoms with E-state index in [1.165, 1.54) is 33.6 Å². The summed E-state index contributed by atoms with van der Waals surface area (Å²) in [7, 11) is 0.0824. The van der Waals surface area contributed by atoms with Crippen LogP contribution in [0.5, 0.6) is 0 Å². The molecule has 0 saturated heterocycles. The van der Waals surface area contributed by atoms with Gasteiger partial charge in [-0.1, -0.05) is 0 Å². The van der Waals surface area contributed by atoms with Gasteiger partial charge in [0.2, 0.25) is 0 Å². The maximum atomic E-state index is 3.94. The molecule has 0 unspecified atom stereocenters. The predicted molar refractivity (Wildman–Crippen MR) is 130 cm³/mol. The first-order chi connectivity index (χ1) is 13.2. The average Bonchev–Trinajstić information content (AvgIpc) is 2.60. The Morgan fingerprint density at radius 1 is 0.821 bits per heavy atom. The van der Waals surface area contributed by atoms with Crippen molar-refractivity contribution >= 4 is 46.3 Å². The molecule has 1 N–H and O–H groups in total. The first-order valence-electron chi connectivity index (χ1n) is 10.0. The summed E-state index contributed by atoms with van der Waals surface area (Å²) in [6.45, 7) is 18.0. The Labute approximate surface area is 185 Å². The number of hydrogen-bond acceptors (Lipinski definition) is 3. The Bertz CT molecular complexity index is 749. The zero-order valence-electron chi connectivity index (χ0n) is 18.5. The molecule has 2 aromatic carbocycles. The summed E-state index contributed by atoms with van der Waals surface area (Å²) in [5, 5.41) is 3.94. The Kier molecular flexibility index (Phi) is 8.53. The van der Waals surface area contributed by atoms with Gasteiger partial charge in [-0.3, -0.25) is 0 Å². The fourth-order valence-electron chi connectivity index (χ4n) is 4.00. The maximum absolute atomic E-state index is 3.94. The predicted octanol–water partition coefficient (Wildman–Crippen LogP) is 5.87. The molecule has 150 valence electrons. The summed E-state index contributed by atoms with van der Waals surface area (Å²) in [5.74, 6) is 0. The summed E-state index contributed by atoms with van der Waals surface area (Å²) in [5.41, 5.74) is 7.80. The summed E-state index contributed by atoms with van der Waals surface area (Å²) in [6.07, 6.45) is 0. The number of nitrogens with zero attached hydrogens (tertiary/aromatic N) is 2. The fourth-order valence-corrected chi connectivity index (χ4v) is 7.46. The summed E-state index contributed by atoms with van der Waals surface area (Å²) >= 11 is 3.40. The van der Waals surface area contributed by atoms with Gasteiger partial charge < -0.3 is 0 Å². The van der Waals surface area contributed by atoms with Crippen LogP contribution in [0, 0.1) is 27.7 Å². The molecule has 3 nitrogen and oxygen atoms in total. The Morgan fingerprint density at radius 2 is 1.25 bits per heavy atom. The van der Waals surface area contributed by atoms with Gasteiger partial charge in [0.1, 0.15) is 0 Å². The molecule has 2 rings (SSSR count). The molecule has 0 saturated carbocycles. The van der Waals surface area contributed by atoms with E-state index < -0.39 is 13.8 Å². The molecule has 0 atom stereocenters. The number of para-hydroxylation sites is 2. The van der Waals surface area contributed by atoms with Crippen molar-refractivity contribution in [2.75, 3.05) is 9.00 Å². The molecule has 2 radical (unpaired) electrons. The average molecular weight is 503 g/mol. The summed E-state index contributed by atoms with van der Waals surface area (Å²) in [6, 6.07) is 13.9. The van der Waals surface area contributed by atoms with Gasteiger partial charge in [0.15, 0.2) is 0 Å². The molecule has 0 aliphatic carbocycles. The summed E-state index contributed by atoms with van der Waals surface area (Å²) < 4.78 is 2.57. The van der Waals surface area contributed by atoms with Crippen molar-refractivity contribution in [3.63, 3.8) is 0 Å². The Balaban J connectivity index is 2.62. The third-order valence-corrected chi connectivity index (χ3v) is 8.60. The van der Waals surface area contributed by atoms with Gasteiger partial charge in [0, 0.05) is 0 Å². The van der Waals surface area contributed by atoms with Crippen molar-refractivity contribution in [1.82, 2.24) is 4.81 Å². The van der Waals surface area contributed by atoms with Crippen molar-refractivity contribution in [3.05, 3.63) is 58.7 Å². The van der Waals surface area contributed by atoms with Gasteiger partial charge in [-0.2, -0.15) is 0 Å². The zero-order chi connectivity index (χ0) is 21.0. The number of hydrogen-bond donors (Lipinski definition) is 1. The Morgan fingerprint density at radius 3 is 1.64 bits per heavy atom. The molecule has 0 aromatic heterocycles. The van der Waals surface area contributed by atoms with E-state index in [2.05, 4.69) is 120 Å². The van der Waals surface area contributed by atoms with Crippen LogP contribution >= 0.6 is 14.0 Å². The third-order valence-electron chi connectivity index (χ3n) is 5.25. The van der Waals surface area contributed by atoms with Crippen LogP contribution in [0.4, 0.5) is 11.4 Å². The van der Waals surface area contributed by atoms with Crippen LogP contribution in [0.2, 0.25) is 0 Å². The number of rotatable bonds is 8. The summed E-state index contributed by atoms with van der Waals surface area (Å²) in [4.78, 5) is 2.57. The molecule has 0 fully saturated rings.